The van der Waals surface area contributed by atoms with E-state index in [1.807, 2.05) is 25.1 Å². The molecule has 0 aromatic heterocycles. The number of anilines is 2. The third-order valence-electron chi connectivity index (χ3n) is 4.52. The third kappa shape index (κ3) is 5.60. The highest BCUT2D eigenvalue weighted by Crippen LogP contribution is 2.38. The van der Waals surface area contributed by atoms with Crippen molar-refractivity contribution in [2.75, 3.05) is 16.4 Å². The van der Waals surface area contributed by atoms with E-state index in [9.17, 15) is 14.4 Å². The van der Waals surface area contributed by atoms with E-state index in [0.717, 1.165) is 12.0 Å². The highest BCUT2D eigenvalue weighted by Gasteiger charge is 2.39. The minimum Gasteiger partial charge on any atom is -0.481 e. The van der Waals surface area contributed by atoms with Crippen LogP contribution in [0.1, 0.15) is 29.3 Å². The Morgan fingerprint density at radius 1 is 1.07 bits per heavy atom. The lowest BCUT2D eigenvalue weighted by Gasteiger charge is -2.09. The molecule has 2 amide bonds. The Kier molecular flexibility index (Phi) is 6.36. The van der Waals surface area contributed by atoms with Gasteiger partial charge in [0.2, 0.25) is 5.91 Å². The largest absolute Gasteiger partial charge is 0.481 e. The molecule has 3 rings (SSSR count). The van der Waals surface area contributed by atoms with Gasteiger partial charge in [-0.15, -0.1) is 11.8 Å². The van der Waals surface area contributed by atoms with Gasteiger partial charge in [-0.25, -0.2) is 0 Å². The average molecular weight is 398 g/mol. The molecular formula is C21H22N2O4S. The van der Waals surface area contributed by atoms with Gasteiger partial charge in [0.15, 0.2) is 0 Å². The molecule has 2 atom stereocenters. The molecule has 7 heteroatoms. The molecule has 0 aliphatic heterocycles. The number of aliphatic carboxylic acids is 1. The molecule has 146 valence electrons. The summed E-state index contributed by atoms with van der Waals surface area (Å²) in [7, 11) is 0. The van der Waals surface area contributed by atoms with Gasteiger partial charge in [0.25, 0.3) is 5.91 Å². The maximum Gasteiger partial charge on any atom is 0.313 e. The van der Waals surface area contributed by atoms with E-state index in [-0.39, 0.29) is 23.5 Å². The summed E-state index contributed by atoms with van der Waals surface area (Å²) in [6.07, 6.45) is 0.910. The Bertz CT molecular complexity index is 899. The molecule has 0 saturated heterocycles. The van der Waals surface area contributed by atoms with Crippen molar-refractivity contribution in [1.29, 1.82) is 0 Å². The number of carbonyl (C=O) groups excluding carboxylic acids is 2. The van der Waals surface area contributed by atoms with E-state index in [4.69, 9.17) is 5.11 Å². The van der Waals surface area contributed by atoms with Gasteiger partial charge < -0.3 is 15.7 Å². The first-order valence-corrected chi connectivity index (χ1v) is 10.2. The Morgan fingerprint density at radius 3 is 2.43 bits per heavy atom. The monoisotopic (exact) mass is 398 g/mol. The SMILES string of the molecule is CC1CC1C(=O)Nc1cccc(C(=O)Nc2cccc(CSCC(=O)O)c2)c1. The topological polar surface area (TPSA) is 95.5 Å². The number of nitrogens with one attached hydrogen (secondary N) is 2. The number of hydrogen-bond acceptors (Lipinski definition) is 4. The maximum atomic E-state index is 12.6. The van der Waals surface area contributed by atoms with Crippen molar-refractivity contribution in [1.82, 2.24) is 0 Å². The minimum absolute atomic E-state index is 0.00313. The summed E-state index contributed by atoms with van der Waals surface area (Å²) < 4.78 is 0. The lowest BCUT2D eigenvalue weighted by Crippen LogP contribution is -2.16. The number of carboxylic acids is 1. The molecule has 2 aromatic rings. The van der Waals surface area contributed by atoms with Gasteiger partial charge in [0.1, 0.15) is 0 Å². The smallest absolute Gasteiger partial charge is 0.313 e. The Morgan fingerprint density at radius 2 is 1.75 bits per heavy atom. The molecule has 1 saturated carbocycles. The molecule has 28 heavy (non-hydrogen) atoms. The summed E-state index contributed by atoms with van der Waals surface area (Å²) in [5.41, 5.74) is 2.63. The van der Waals surface area contributed by atoms with Gasteiger partial charge >= 0.3 is 5.97 Å². The van der Waals surface area contributed by atoms with Crippen LogP contribution >= 0.6 is 11.8 Å². The predicted octanol–water partition coefficient (Wildman–Crippen LogP) is 3.85. The molecule has 3 N–H and O–H groups in total. The van der Waals surface area contributed by atoms with Crippen molar-refractivity contribution in [3.8, 4) is 0 Å². The number of amides is 2. The fourth-order valence-electron chi connectivity index (χ4n) is 2.86. The van der Waals surface area contributed by atoms with E-state index in [1.165, 1.54) is 11.8 Å². The van der Waals surface area contributed by atoms with E-state index in [2.05, 4.69) is 10.6 Å². The number of carboxylic acid groups (broad SMARTS) is 1. The number of rotatable bonds is 8. The lowest BCUT2D eigenvalue weighted by molar-refractivity contribution is -0.133. The van der Waals surface area contributed by atoms with Crippen LogP contribution < -0.4 is 10.6 Å². The molecule has 0 spiro atoms. The summed E-state index contributed by atoms with van der Waals surface area (Å²) in [6, 6.07) is 14.2. The van der Waals surface area contributed by atoms with Crippen molar-refractivity contribution in [2.24, 2.45) is 11.8 Å². The zero-order chi connectivity index (χ0) is 20.1. The molecule has 1 aliphatic carbocycles. The minimum atomic E-state index is -0.849. The molecule has 2 unspecified atom stereocenters. The Balaban J connectivity index is 1.60. The van der Waals surface area contributed by atoms with Gasteiger partial charge in [-0.3, -0.25) is 14.4 Å². The van der Waals surface area contributed by atoms with Crippen LogP contribution in [0.25, 0.3) is 0 Å². The van der Waals surface area contributed by atoms with Gasteiger partial charge in [-0.05, 0) is 48.2 Å². The Labute approximate surface area is 167 Å². The second-order valence-electron chi connectivity index (χ2n) is 6.93. The first-order chi connectivity index (χ1) is 13.4. The first kappa shape index (κ1) is 19.9. The molecule has 0 radical (unpaired) electrons. The molecule has 0 heterocycles. The van der Waals surface area contributed by atoms with Crippen LogP contribution in [-0.4, -0.2) is 28.6 Å². The van der Waals surface area contributed by atoms with Crippen molar-refractivity contribution in [3.05, 3.63) is 59.7 Å². The maximum absolute atomic E-state index is 12.6. The summed E-state index contributed by atoms with van der Waals surface area (Å²) >= 11 is 1.30. The third-order valence-corrected chi connectivity index (χ3v) is 5.51. The van der Waals surface area contributed by atoms with Crippen LogP contribution in [0.15, 0.2) is 48.5 Å². The van der Waals surface area contributed by atoms with Crippen molar-refractivity contribution in [2.45, 2.75) is 19.1 Å². The van der Waals surface area contributed by atoms with E-state index in [0.29, 0.717) is 28.6 Å². The summed E-state index contributed by atoms with van der Waals surface area (Å²) in [5, 5.41) is 14.4. The van der Waals surface area contributed by atoms with Gasteiger partial charge in [-0.1, -0.05) is 25.1 Å². The molecule has 2 aromatic carbocycles. The van der Waals surface area contributed by atoms with Gasteiger partial charge in [0, 0.05) is 28.6 Å². The normalized spacial score (nSPS) is 17.6. The van der Waals surface area contributed by atoms with Crippen molar-refractivity contribution in [3.63, 3.8) is 0 Å². The van der Waals surface area contributed by atoms with Crippen molar-refractivity contribution >= 4 is 40.9 Å². The molecule has 1 aliphatic rings. The molecular weight excluding hydrogens is 376 g/mol. The van der Waals surface area contributed by atoms with E-state index in [1.54, 1.807) is 30.3 Å². The summed E-state index contributed by atoms with van der Waals surface area (Å²) in [5.74, 6) is -0.0432. The number of thioether (sulfide) groups is 1. The Hall–Kier alpha value is -2.80. The van der Waals surface area contributed by atoms with Crippen LogP contribution in [0.2, 0.25) is 0 Å². The van der Waals surface area contributed by atoms with E-state index < -0.39 is 5.97 Å². The first-order valence-electron chi connectivity index (χ1n) is 9.03. The number of benzene rings is 2. The second kappa shape index (κ2) is 8.93. The highest BCUT2D eigenvalue weighted by atomic mass is 32.2. The summed E-state index contributed by atoms with van der Waals surface area (Å²) in [6.45, 7) is 2.04. The zero-order valence-corrected chi connectivity index (χ0v) is 16.3. The lowest BCUT2D eigenvalue weighted by atomic mass is 10.1. The van der Waals surface area contributed by atoms with Crippen LogP contribution in [0.3, 0.4) is 0 Å². The van der Waals surface area contributed by atoms with Crippen molar-refractivity contribution < 1.29 is 19.5 Å². The number of carbonyl (C=O) groups is 3. The average Bonchev–Trinajstić information content (AvgIpc) is 3.39. The van der Waals surface area contributed by atoms with Crippen LogP contribution in [0.5, 0.6) is 0 Å². The van der Waals surface area contributed by atoms with Crippen LogP contribution in [-0.2, 0) is 15.3 Å². The van der Waals surface area contributed by atoms with Gasteiger partial charge in [-0.2, -0.15) is 0 Å². The zero-order valence-electron chi connectivity index (χ0n) is 15.5. The standard InChI is InChI=1S/C21H22N2O4S/c1-13-8-18(13)21(27)23-17-7-3-5-15(10-17)20(26)22-16-6-2-4-14(9-16)11-28-12-19(24)25/h2-7,9-10,13,18H,8,11-12H2,1H3,(H,22,26)(H,23,27)(H,24,25). The molecule has 1 fully saturated rings. The predicted molar refractivity (Wildman–Crippen MR) is 111 cm³/mol. The fraction of sp³-hybridized carbons (Fsp3) is 0.286. The van der Waals surface area contributed by atoms with Crippen LogP contribution in [0, 0.1) is 11.8 Å². The molecule has 6 nitrogen and oxygen atoms in total. The quantitative estimate of drug-likeness (QED) is 0.628. The van der Waals surface area contributed by atoms with Crippen LogP contribution in [0.4, 0.5) is 11.4 Å². The van der Waals surface area contributed by atoms with Gasteiger partial charge in [0.05, 0.1) is 5.75 Å². The van der Waals surface area contributed by atoms with E-state index >= 15 is 0 Å². The number of hydrogen-bond donors (Lipinski definition) is 3. The highest BCUT2D eigenvalue weighted by molar-refractivity contribution is 7.99. The molecule has 0 bridgehead atoms. The fourth-order valence-corrected chi connectivity index (χ4v) is 3.55. The second-order valence-corrected chi connectivity index (χ2v) is 7.92. The summed E-state index contributed by atoms with van der Waals surface area (Å²) in [4.78, 5) is 35.2.